The smallest absolute Gasteiger partial charge is 0.310 e. The highest BCUT2D eigenvalue weighted by atomic mass is 16.5. The molecule has 2 N–H and O–H groups in total. The number of amides is 2. The van der Waals surface area contributed by atoms with E-state index in [1.54, 1.807) is 24.3 Å². The van der Waals surface area contributed by atoms with Gasteiger partial charge in [0.1, 0.15) is 0 Å². The molecule has 0 saturated carbocycles. The van der Waals surface area contributed by atoms with Gasteiger partial charge in [-0.05, 0) is 34.4 Å². The van der Waals surface area contributed by atoms with Crippen LogP contribution in [0.4, 0.5) is 5.69 Å². The predicted octanol–water partition coefficient (Wildman–Crippen LogP) is 3.95. The van der Waals surface area contributed by atoms with Crippen molar-refractivity contribution < 1.29 is 19.1 Å². The number of para-hydroxylation sites is 1. The molecule has 0 aliphatic heterocycles. The number of carbonyl (C=O) groups is 3. The highest BCUT2D eigenvalue weighted by molar-refractivity contribution is 6.04. The van der Waals surface area contributed by atoms with Crippen molar-refractivity contribution >= 4 is 34.2 Å². The van der Waals surface area contributed by atoms with Crippen LogP contribution >= 0.6 is 0 Å². The van der Waals surface area contributed by atoms with Crippen molar-refractivity contribution in [3.05, 3.63) is 77.9 Å². The Balaban J connectivity index is 1.54. The van der Waals surface area contributed by atoms with Crippen LogP contribution in [-0.2, 0) is 20.7 Å². The lowest BCUT2D eigenvalue weighted by Gasteiger charge is -2.12. The van der Waals surface area contributed by atoms with Crippen molar-refractivity contribution in [2.24, 2.45) is 5.92 Å². The van der Waals surface area contributed by atoms with E-state index in [1.807, 2.05) is 56.3 Å². The van der Waals surface area contributed by atoms with Gasteiger partial charge in [-0.2, -0.15) is 0 Å². The van der Waals surface area contributed by atoms with Gasteiger partial charge in [0.15, 0.2) is 6.61 Å². The number of rotatable bonds is 8. The van der Waals surface area contributed by atoms with E-state index in [1.165, 1.54) is 0 Å². The Hall–Kier alpha value is -3.67. The summed E-state index contributed by atoms with van der Waals surface area (Å²) in [6.45, 7) is 4.11. The number of hydrogen-bond acceptors (Lipinski definition) is 4. The molecule has 0 bridgehead atoms. The van der Waals surface area contributed by atoms with Crippen LogP contribution in [0.1, 0.15) is 29.8 Å². The summed E-state index contributed by atoms with van der Waals surface area (Å²) in [5.41, 5.74) is 1.55. The lowest BCUT2D eigenvalue weighted by atomic mass is 10.1. The third-order valence-corrected chi connectivity index (χ3v) is 4.64. The van der Waals surface area contributed by atoms with Crippen molar-refractivity contribution in [2.45, 2.75) is 20.3 Å². The minimum Gasteiger partial charge on any atom is -0.455 e. The van der Waals surface area contributed by atoms with Gasteiger partial charge in [0, 0.05) is 6.54 Å². The van der Waals surface area contributed by atoms with E-state index in [0.29, 0.717) is 23.7 Å². The van der Waals surface area contributed by atoms with Crippen molar-refractivity contribution in [3.8, 4) is 0 Å². The van der Waals surface area contributed by atoms with Gasteiger partial charge in [0.2, 0.25) is 0 Å². The van der Waals surface area contributed by atoms with E-state index in [2.05, 4.69) is 10.6 Å². The van der Waals surface area contributed by atoms with E-state index in [9.17, 15) is 14.4 Å². The molecule has 0 fully saturated rings. The molecule has 0 aromatic heterocycles. The van der Waals surface area contributed by atoms with Gasteiger partial charge >= 0.3 is 5.97 Å². The topological polar surface area (TPSA) is 84.5 Å². The first-order chi connectivity index (χ1) is 14.9. The monoisotopic (exact) mass is 418 g/mol. The first-order valence-corrected chi connectivity index (χ1v) is 10.2. The standard InChI is InChI=1S/C25H26N2O4/c1-17(2)15-26-25(30)21-9-5-6-10-22(21)27-23(28)16-31-24(29)14-18-11-12-19-7-3-4-8-20(19)13-18/h3-13,17H,14-16H2,1-2H3,(H,26,30)(H,27,28). The van der Waals surface area contributed by atoms with Gasteiger partial charge in [0.05, 0.1) is 17.7 Å². The number of carbonyl (C=O) groups excluding carboxylic acids is 3. The van der Waals surface area contributed by atoms with E-state index in [-0.39, 0.29) is 12.3 Å². The van der Waals surface area contributed by atoms with Crippen LogP contribution in [0.15, 0.2) is 66.7 Å². The number of esters is 1. The number of nitrogens with one attached hydrogen (secondary N) is 2. The quantitative estimate of drug-likeness (QED) is 0.543. The molecule has 0 atom stereocenters. The molecule has 6 heteroatoms. The van der Waals surface area contributed by atoms with E-state index < -0.39 is 18.5 Å². The largest absolute Gasteiger partial charge is 0.455 e. The van der Waals surface area contributed by atoms with E-state index in [0.717, 1.165) is 16.3 Å². The molecular weight excluding hydrogens is 392 g/mol. The van der Waals surface area contributed by atoms with Gasteiger partial charge in [-0.1, -0.05) is 68.4 Å². The average Bonchev–Trinajstić information content (AvgIpc) is 2.76. The highest BCUT2D eigenvalue weighted by Crippen LogP contribution is 2.17. The molecule has 0 spiro atoms. The molecule has 0 radical (unpaired) electrons. The van der Waals surface area contributed by atoms with Crippen molar-refractivity contribution in [1.82, 2.24) is 5.32 Å². The fraction of sp³-hybridized carbons (Fsp3) is 0.240. The zero-order valence-electron chi connectivity index (χ0n) is 17.7. The van der Waals surface area contributed by atoms with Gasteiger partial charge in [0.25, 0.3) is 11.8 Å². The van der Waals surface area contributed by atoms with Gasteiger partial charge < -0.3 is 15.4 Å². The second-order valence-corrected chi connectivity index (χ2v) is 7.72. The van der Waals surface area contributed by atoms with Gasteiger partial charge in [-0.25, -0.2) is 0 Å². The molecule has 2 amide bonds. The zero-order chi connectivity index (χ0) is 22.2. The minimum atomic E-state index is -0.504. The van der Waals surface area contributed by atoms with Crippen LogP contribution in [0.5, 0.6) is 0 Å². The summed E-state index contributed by atoms with van der Waals surface area (Å²) in [7, 11) is 0. The Morgan fingerprint density at radius 2 is 1.61 bits per heavy atom. The van der Waals surface area contributed by atoms with Crippen LogP contribution in [0, 0.1) is 5.92 Å². The van der Waals surface area contributed by atoms with Crippen LogP contribution in [0.2, 0.25) is 0 Å². The Labute approximate surface area is 181 Å². The van der Waals surface area contributed by atoms with Crippen LogP contribution in [0.3, 0.4) is 0 Å². The molecular formula is C25H26N2O4. The molecule has 160 valence electrons. The summed E-state index contributed by atoms with van der Waals surface area (Å²) in [6.07, 6.45) is 0.0757. The van der Waals surface area contributed by atoms with E-state index >= 15 is 0 Å². The first kappa shape index (κ1) is 22.0. The maximum atomic E-state index is 12.4. The molecule has 3 rings (SSSR count). The van der Waals surface area contributed by atoms with Crippen molar-refractivity contribution in [1.29, 1.82) is 0 Å². The highest BCUT2D eigenvalue weighted by Gasteiger charge is 2.14. The fourth-order valence-electron chi connectivity index (χ4n) is 3.08. The summed E-state index contributed by atoms with van der Waals surface area (Å²) in [4.78, 5) is 36.8. The Bertz CT molecular complexity index is 1090. The van der Waals surface area contributed by atoms with Crippen LogP contribution < -0.4 is 10.6 Å². The summed E-state index contributed by atoms with van der Waals surface area (Å²) in [5, 5.41) is 7.60. The second-order valence-electron chi connectivity index (χ2n) is 7.72. The Morgan fingerprint density at radius 3 is 2.39 bits per heavy atom. The normalized spacial score (nSPS) is 10.7. The number of anilines is 1. The third kappa shape index (κ3) is 6.40. The molecule has 0 saturated heterocycles. The number of benzene rings is 3. The Kier molecular flexibility index (Phi) is 7.38. The summed E-state index contributed by atoms with van der Waals surface area (Å²) in [5.74, 6) is -0.949. The number of ether oxygens (including phenoxy) is 1. The Morgan fingerprint density at radius 1 is 0.903 bits per heavy atom. The maximum Gasteiger partial charge on any atom is 0.310 e. The minimum absolute atomic E-state index is 0.0757. The summed E-state index contributed by atoms with van der Waals surface area (Å²) < 4.78 is 5.12. The SMILES string of the molecule is CC(C)CNC(=O)c1ccccc1NC(=O)COC(=O)Cc1ccc2ccccc2c1. The molecule has 6 nitrogen and oxygen atoms in total. The van der Waals surface area contributed by atoms with Crippen LogP contribution in [-0.4, -0.2) is 30.9 Å². The molecule has 3 aromatic rings. The van der Waals surface area contributed by atoms with Crippen molar-refractivity contribution in [2.75, 3.05) is 18.5 Å². The van der Waals surface area contributed by atoms with Crippen LogP contribution in [0.25, 0.3) is 10.8 Å². The van der Waals surface area contributed by atoms with Gasteiger partial charge in [-0.3, -0.25) is 14.4 Å². The molecule has 3 aromatic carbocycles. The predicted molar refractivity (Wildman–Crippen MR) is 121 cm³/mol. The molecule has 0 aliphatic rings. The zero-order valence-corrected chi connectivity index (χ0v) is 17.7. The molecule has 0 heterocycles. The van der Waals surface area contributed by atoms with Gasteiger partial charge in [-0.15, -0.1) is 0 Å². The molecule has 0 aliphatic carbocycles. The summed E-state index contributed by atoms with van der Waals surface area (Å²) in [6, 6.07) is 20.4. The first-order valence-electron chi connectivity index (χ1n) is 10.2. The third-order valence-electron chi connectivity index (χ3n) is 4.64. The lowest BCUT2D eigenvalue weighted by molar-refractivity contribution is -0.146. The molecule has 0 unspecified atom stereocenters. The fourth-order valence-corrected chi connectivity index (χ4v) is 3.08. The average molecular weight is 418 g/mol. The lowest BCUT2D eigenvalue weighted by Crippen LogP contribution is -2.29. The number of fused-ring (bicyclic) bond motifs is 1. The van der Waals surface area contributed by atoms with Crippen molar-refractivity contribution in [3.63, 3.8) is 0 Å². The molecule has 31 heavy (non-hydrogen) atoms. The number of hydrogen-bond donors (Lipinski definition) is 2. The second kappa shape index (κ2) is 10.4. The maximum absolute atomic E-state index is 12.4. The summed E-state index contributed by atoms with van der Waals surface area (Å²) >= 11 is 0. The van der Waals surface area contributed by atoms with E-state index in [4.69, 9.17) is 4.74 Å².